The Bertz CT molecular complexity index is 824. The number of aromatic amines is 1. The average molecular weight is 330 g/mol. The molecule has 2 N–H and O–H groups in total. The van der Waals surface area contributed by atoms with E-state index in [4.69, 9.17) is 4.74 Å². The van der Waals surface area contributed by atoms with Crippen molar-refractivity contribution in [3.8, 4) is 5.75 Å². The first-order valence-corrected chi connectivity index (χ1v) is 8.22. The van der Waals surface area contributed by atoms with E-state index in [1.54, 1.807) is 18.4 Å². The topological polar surface area (TPSA) is 79.9 Å². The second-order valence-corrected chi connectivity index (χ2v) is 6.14. The zero-order valence-corrected chi connectivity index (χ0v) is 13.9. The molecule has 2 aromatic heterocycles. The molecule has 0 atom stereocenters. The normalized spacial score (nSPS) is 10.9. The molecule has 0 aliphatic carbocycles. The highest BCUT2D eigenvalue weighted by Gasteiger charge is 2.08. The van der Waals surface area contributed by atoms with E-state index in [0.717, 1.165) is 39.6 Å². The number of ether oxygens (including phenoxy) is 1. The Labute approximate surface area is 137 Å². The summed E-state index contributed by atoms with van der Waals surface area (Å²) in [5, 5.41) is 2.89. The first-order valence-electron chi connectivity index (χ1n) is 7.34. The number of H-pyrrole nitrogens is 1. The van der Waals surface area contributed by atoms with Gasteiger partial charge in [0.15, 0.2) is 0 Å². The van der Waals surface area contributed by atoms with Gasteiger partial charge < -0.3 is 15.0 Å². The summed E-state index contributed by atoms with van der Waals surface area (Å²) >= 11 is 1.59. The van der Waals surface area contributed by atoms with Crippen molar-refractivity contribution in [2.45, 2.75) is 26.3 Å². The Kier molecular flexibility index (Phi) is 4.57. The minimum Gasteiger partial charge on any atom is -0.497 e. The molecule has 23 heavy (non-hydrogen) atoms. The lowest BCUT2D eigenvalue weighted by molar-refractivity contribution is -0.121. The lowest BCUT2D eigenvalue weighted by Crippen LogP contribution is -2.23. The summed E-state index contributed by atoms with van der Waals surface area (Å²) in [6.45, 7) is 2.35. The molecule has 0 bridgehead atoms. The highest BCUT2D eigenvalue weighted by molar-refractivity contribution is 7.09. The monoisotopic (exact) mass is 330 g/mol. The largest absolute Gasteiger partial charge is 0.497 e. The molecule has 120 valence electrons. The van der Waals surface area contributed by atoms with Crippen molar-refractivity contribution in [2.24, 2.45) is 0 Å². The van der Waals surface area contributed by atoms with E-state index >= 15 is 0 Å². The van der Waals surface area contributed by atoms with Crippen LogP contribution in [-0.2, 0) is 17.8 Å². The molecule has 2 heterocycles. The van der Waals surface area contributed by atoms with E-state index in [1.165, 1.54) is 0 Å². The number of rotatable bonds is 6. The lowest BCUT2D eigenvalue weighted by atomic mass is 10.2. The van der Waals surface area contributed by atoms with Crippen LogP contribution in [0.1, 0.15) is 22.8 Å². The number of carbonyl (C=O) groups is 1. The molecular weight excluding hydrogens is 312 g/mol. The van der Waals surface area contributed by atoms with Gasteiger partial charge in [-0.3, -0.25) is 4.79 Å². The molecule has 6 nitrogen and oxygen atoms in total. The molecule has 0 spiro atoms. The van der Waals surface area contributed by atoms with Gasteiger partial charge in [-0.15, -0.1) is 11.3 Å². The molecular formula is C16H18N4O2S. The Morgan fingerprint density at radius 3 is 3.04 bits per heavy atom. The number of thiazole rings is 1. The van der Waals surface area contributed by atoms with Gasteiger partial charge in [0.2, 0.25) is 5.91 Å². The number of fused-ring (bicyclic) bond motifs is 1. The van der Waals surface area contributed by atoms with Gasteiger partial charge in [0.1, 0.15) is 11.6 Å². The fourth-order valence-electron chi connectivity index (χ4n) is 2.32. The predicted octanol–water partition coefficient (Wildman–Crippen LogP) is 2.59. The van der Waals surface area contributed by atoms with Crippen molar-refractivity contribution in [3.05, 3.63) is 40.1 Å². The van der Waals surface area contributed by atoms with Crippen LogP contribution in [-0.4, -0.2) is 28.0 Å². The molecule has 1 amide bonds. The fourth-order valence-corrected chi connectivity index (χ4v) is 3.10. The first kappa shape index (κ1) is 15.5. The maximum Gasteiger partial charge on any atom is 0.220 e. The summed E-state index contributed by atoms with van der Waals surface area (Å²) in [5.74, 6) is 1.52. The third kappa shape index (κ3) is 3.68. The van der Waals surface area contributed by atoms with E-state index in [1.807, 2.05) is 30.6 Å². The molecule has 3 aromatic rings. The molecule has 0 unspecified atom stereocenters. The van der Waals surface area contributed by atoms with Gasteiger partial charge in [-0.2, -0.15) is 0 Å². The number of hydrogen-bond acceptors (Lipinski definition) is 5. The van der Waals surface area contributed by atoms with Crippen LogP contribution in [0, 0.1) is 6.92 Å². The van der Waals surface area contributed by atoms with Gasteiger partial charge in [0.25, 0.3) is 0 Å². The van der Waals surface area contributed by atoms with Crippen LogP contribution in [0.15, 0.2) is 23.7 Å². The zero-order chi connectivity index (χ0) is 16.2. The SMILES string of the molecule is COc1ccc2nc(CNC(=O)CCc3scnc3C)[nH]c2c1. The number of methoxy groups -OCH3 is 1. The Morgan fingerprint density at radius 1 is 1.43 bits per heavy atom. The predicted molar refractivity (Wildman–Crippen MR) is 89.7 cm³/mol. The maximum absolute atomic E-state index is 11.9. The smallest absolute Gasteiger partial charge is 0.220 e. The van der Waals surface area contributed by atoms with Gasteiger partial charge in [0, 0.05) is 17.4 Å². The van der Waals surface area contributed by atoms with Crippen LogP contribution >= 0.6 is 11.3 Å². The van der Waals surface area contributed by atoms with Crippen LogP contribution in [0.2, 0.25) is 0 Å². The van der Waals surface area contributed by atoms with Gasteiger partial charge in [-0.25, -0.2) is 9.97 Å². The molecule has 3 rings (SSSR count). The van der Waals surface area contributed by atoms with Crippen LogP contribution in [0.5, 0.6) is 5.75 Å². The quantitative estimate of drug-likeness (QED) is 0.728. The fraction of sp³-hybridized carbons (Fsp3) is 0.312. The van der Waals surface area contributed by atoms with Crippen LogP contribution in [0.25, 0.3) is 11.0 Å². The lowest BCUT2D eigenvalue weighted by Gasteiger charge is -2.02. The van der Waals surface area contributed by atoms with Gasteiger partial charge in [-0.05, 0) is 25.5 Å². The second-order valence-electron chi connectivity index (χ2n) is 5.20. The number of nitrogens with zero attached hydrogens (tertiary/aromatic N) is 2. The summed E-state index contributed by atoms with van der Waals surface area (Å²) in [5.41, 5.74) is 4.57. The third-order valence-electron chi connectivity index (χ3n) is 3.62. The van der Waals surface area contributed by atoms with Crippen molar-refractivity contribution in [1.29, 1.82) is 0 Å². The first-order chi connectivity index (χ1) is 11.2. The molecule has 0 fully saturated rings. The van der Waals surface area contributed by atoms with Gasteiger partial charge in [-0.1, -0.05) is 0 Å². The minimum absolute atomic E-state index is 0.0100. The maximum atomic E-state index is 11.9. The standard InChI is InChI=1S/C16H18N4O2S/c1-10-14(23-9-18-10)5-6-16(21)17-8-15-19-12-4-3-11(22-2)7-13(12)20-15/h3-4,7,9H,5-6,8H2,1-2H3,(H,17,21)(H,19,20). The van der Waals surface area contributed by atoms with Crippen LogP contribution < -0.4 is 10.1 Å². The number of nitrogens with one attached hydrogen (secondary N) is 2. The van der Waals surface area contributed by atoms with Crippen molar-refractivity contribution in [3.63, 3.8) is 0 Å². The van der Waals surface area contributed by atoms with Gasteiger partial charge in [0.05, 0.1) is 35.9 Å². The van der Waals surface area contributed by atoms with Gasteiger partial charge >= 0.3 is 0 Å². The Balaban J connectivity index is 1.55. The molecule has 0 saturated carbocycles. The third-order valence-corrected chi connectivity index (χ3v) is 4.61. The molecule has 7 heteroatoms. The Morgan fingerprint density at radius 2 is 2.30 bits per heavy atom. The van der Waals surface area contributed by atoms with Crippen LogP contribution in [0.4, 0.5) is 0 Å². The summed E-state index contributed by atoms with van der Waals surface area (Å²) in [6, 6.07) is 5.64. The second kappa shape index (κ2) is 6.78. The van der Waals surface area contributed by atoms with Crippen molar-refractivity contribution < 1.29 is 9.53 Å². The molecule has 0 radical (unpaired) electrons. The van der Waals surface area contributed by atoms with E-state index in [-0.39, 0.29) is 5.91 Å². The highest BCUT2D eigenvalue weighted by atomic mass is 32.1. The highest BCUT2D eigenvalue weighted by Crippen LogP contribution is 2.18. The number of aromatic nitrogens is 3. The molecule has 0 aliphatic heterocycles. The summed E-state index contributed by atoms with van der Waals surface area (Å²) in [6.07, 6.45) is 1.18. The zero-order valence-electron chi connectivity index (χ0n) is 13.0. The average Bonchev–Trinajstić information content (AvgIpc) is 3.15. The van der Waals surface area contributed by atoms with Crippen molar-refractivity contribution in [2.75, 3.05) is 7.11 Å². The van der Waals surface area contributed by atoms with Crippen molar-refractivity contribution >= 4 is 28.3 Å². The number of aryl methyl sites for hydroxylation is 2. The number of hydrogen-bond donors (Lipinski definition) is 2. The number of benzene rings is 1. The summed E-state index contributed by atoms with van der Waals surface area (Å²) in [7, 11) is 1.63. The number of amides is 1. The van der Waals surface area contributed by atoms with E-state index in [0.29, 0.717) is 13.0 Å². The summed E-state index contributed by atoms with van der Waals surface area (Å²) < 4.78 is 5.19. The number of imidazole rings is 1. The molecule has 0 aliphatic rings. The Hall–Kier alpha value is -2.41. The van der Waals surface area contributed by atoms with Crippen LogP contribution in [0.3, 0.4) is 0 Å². The number of carbonyl (C=O) groups excluding carboxylic acids is 1. The van der Waals surface area contributed by atoms with Crippen molar-refractivity contribution in [1.82, 2.24) is 20.3 Å². The minimum atomic E-state index is 0.0100. The van der Waals surface area contributed by atoms with E-state index in [9.17, 15) is 4.79 Å². The van der Waals surface area contributed by atoms with E-state index in [2.05, 4.69) is 20.3 Å². The molecule has 1 aromatic carbocycles. The molecule has 0 saturated heterocycles. The summed E-state index contributed by atoms with van der Waals surface area (Å²) in [4.78, 5) is 24.9. The van der Waals surface area contributed by atoms with E-state index < -0.39 is 0 Å².